The average molecular weight is 276 g/mol. The summed E-state index contributed by atoms with van der Waals surface area (Å²) in [6.45, 7) is 8.96. The number of ether oxygens (including phenoxy) is 1. The number of hydrogen-bond acceptors (Lipinski definition) is 3. The highest BCUT2D eigenvalue weighted by atomic mass is 16.5. The van der Waals surface area contributed by atoms with Crippen molar-refractivity contribution >= 4 is 5.91 Å². The van der Waals surface area contributed by atoms with E-state index in [2.05, 4.69) is 17.4 Å². The SMILES string of the molecule is CCN(CC)C(=O)C(C)NCc1ccc2c(c1)CCO2. The molecule has 1 aromatic carbocycles. The van der Waals surface area contributed by atoms with Crippen molar-refractivity contribution in [3.8, 4) is 5.75 Å². The second-order valence-corrected chi connectivity index (χ2v) is 5.15. The van der Waals surface area contributed by atoms with Crippen molar-refractivity contribution in [2.45, 2.75) is 39.8 Å². The van der Waals surface area contributed by atoms with Crippen LogP contribution >= 0.6 is 0 Å². The Morgan fingerprint density at radius 3 is 2.85 bits per heavy atom. The molecule has 0 saturated carbocycles. The fourth-order valence-corrected chi connectivity index (χ4v) is 2.52. The van der Waals surface area contributed by atoms with Crippen LogP contribution in [0.1, 0.15) is 31.9 Å². The van der Waals surface area contributed by atoms with Crippen molar-refractivity contribution in [1.82, 2.24) is 10.2 Å². The van der Waals surface area contributed by atoms with Crippen LogP contribution in [0.4, 0.5) is 0 Å². The molecule has 1 atom stereocenters. The van der Waals surface area contributed by atoms with Crippen molar-refractivity contribution in [1.29, 1.82) is 0 Å². The van der Waals surface area contributed by atoms with E-state index in [1.165, 1.54) is 11.1 Å². The quantitative estimate of drug-likeness (QED) is 0.863. The molecular formula is C16H24N2O2. The van der Waals surface area contributed by atoms with Gasteiger partial charge in [-0.25, -0.2) is 0 Å². The third-order valence-electron chi connectivity index (χ3n) is 3.81. The third kappa shape index (κ3) is 3.31. The van der Waals surface area contributed by atoms with Crippen molar-refractivity contribution in [3.05, 3.63) is 29.3 Å². The van der Waals surface area contributed by atoms with Crippen LogP contribution in [0.3, 0.4) is 0 Å². The maximum absolute atomic E-state index is 12.2. The van der Waals surface area contributed by atoms with Gasteiger partial charge in [0.05, 0.1) is 12.6 Å². The minimum atomic E-state index is -0.153. The summed E-state index contributed by atoms with van der Waals surface area (Å²) in [7, 11) is 0. The van der Waals surface area contributed by atoms with E-state index in [1.807, 2.05) is 31.7 Å². The lowest BCUT2D eigenvalue weighted by molar-refractivity contribution is -0.132. The molecule has 0 spiro atoms. The van der Waals surface area contributed by atoms with Crippen LogP contribution in [0.25, 0.3) is 0 Å². The Morgan fingerprint density at radius 1 is 1.40 bits per heavy atom. The molecule has 0 aliphatic carbocycles. The molecule has 1 aliphatic heterocycles. The molecule has 2 rings (SSSR count). The van der Waals surface area contributed by atoms with Gasteiger partial charge in [-0.05, 0) is 38.0 Å². The van der Waals surface area contributed by atoms with Gasteiger partial charge in [0.25, 0.3) is 0 Å². The minimum Gasteiger partial charge on any atom is -0.493 e. The molecule has 0 radical (unpaired) electrons. The Bertz CT molecular complexity index is 470. The highest BCUT2D eigenvalue weighted by Crippen LogP contribution is 2.25. The molecule has 20 heavy (non-hydrogen) atoms. The summed E-state index contributed by atoms with van der Waals surface area (Å²) in [6, 6.07) is 6.10. The second kappa shape index (κ2) is 6.75. The summed E-state index contributed by atoms with van der Waals surface area (Å²) in [5.41, 5.74) is 2.47. The Hall–Kier alpha value is -1.55. The number of likely N-dealkylation sites (N-methyl/N-ethyl adjacent to an activating group) is 1. The van der Waals surface area contributed by atoms with Gasteiger partial charge < -0.3 is 15.0 Å². The smallest absolute Gasteiger partial charge is 0.239 e. The van der Waals surface area contributed by atoms with Gasteiger partial charge in [0.2, 0.25) is 5.91 Å². The molecule has 0 aromatic heterocycles. The van der Waals surface area contributed by atoms with Gasteiger partial charge in [-0.15, -0.1) is 0 Å². The predicted octanol–water partition coefficient (Wildman–Crippen LogP) is 1.97. The zero-order valence-corrected chi connectivity index (χ0v) is 12.6. The zero-order chi connectivity index (χ0) is 14.5. The fraction of sp³-hybridized carbons (Fsp3) is 0.562. The van der Waals surface area contributed by atoms with Crippen LogP contribution < -0.4 is 10.1 Å². The van der Waals surface area contributed by atoms with E-state index < -0.39 is 0 Å². The molecule has 1 N–H and O–H groups in total. The second-order valence-electron chi connectivity index (χ2n) is 5.15. The van der Waals surface area contributed by atoms with Gasteiger partial charge in [-0.2, -0.15) is 0 Å². The summed E-state index contributed by atoms with van der Waals surface area (Å²) in [6.07, 6.45) is 0.983. The zero-order valence-electron chi connectivity index (χ0n) is 12.6. The number of carbonyl (C=O) groups is 1. The van der Waals surface area contributed by atoms with Crippen LogP contribution in [0.5, 0.6) is 5.75 Å². The third-order valence-corrected chi connectivity index (χ3v) is 3.81. The molecule has 4 nitrogen and oxygen atoms in total. The summed E-state index contributed by atoms with van der Waals surface area (Å²) < 4.78 is 5.50. The first-order valence-electron chi connectivity index (χ1n) is 7.42. The van der Waals surface area contributed by atoms with E-state index in [0.29, 0.717) is 6.54 Å². The lowest BCUT2D eigenvalue weighted by atomic mass is 10.1. The largest absolute Gasteiger partial charge is 0.493 e. The van der Waals surface area contributed by atoms with Gasteiger partial charge in [-0.1, -0.05) is 12.1 Å². The van der Waals surface area contributed by atoms with Crippen LogP contribution in [-0.4, -0.2) is 36.5 Å². The Kier molecular flexibility index (Phi) is 5.01. The van der Waals surface area contributed by atoms with E-state index in [9.17, 15) is 4.79 Å². The van der Waals surface area contributed by atoms with E-state index in [1.54, 1.807) is 0 Å². The molecule has 0 fully saturated rings. The number of fused-ring (bicyclic) bond motifs is 1. The van der Waals surface area contributed by atoms with Gasteiger partial charge in [0.1, 0.15) is 5.75 Å². The highest BCUT2D eigenvalue weighted by molar-refractivity contribution is 5.81. The number of benzene rings is 1. The lowest BCUT2D eigenvalue weighted by Gasteiger charge is -2.23. The molecule has 1 unspecified atom stereocenters. The normalized spacial score (nSPS) is 14.6. The fourth-order valence-electron chi connectivity index (χ4n) is 2.52. The van der Waals surface area contributed by atoms with E-state index in [-0.39, 0.29) is 11.9 Å². The Labute approximate surface area is 121 Å². The van der Waals surface area contributed by atoms with E-state index in [0.717, 1.165) is 31.9 Å². The molecule has 1 aromatic rings. The summed E-state index contributed by atoms with van der Waals surface area (Å²) in [5.74, 6) is 1.17. The van der Waals surface area contributed by atoms with Crippen LogP contribution in [-0.2, 0) is 17.8 Å². The van der Waals surface area contributed by atoms with Gasteiger partial charge in [0.15, 0.2) is 0 Å². The number of nitrogens with one attached hydrogen (secondary N) is 1. The van der Waals surface area contributed by atoms with E-state index >= 15 is 0 Å². The monoisotopic (exact) mass is 276 g/mol. The van der Waals surface area contributed by atoms with Crippen molar-refractivity contribution in [2.24, 2.45) is 0 Å². The number of carbonyl (C=O) groups excluding carboxylic acids is 1. The van der Waals surface area contributed by atoms with Gasteiger partial charge >= 0.3 is 0 Å². The number of rotatable bonds is 6. The molecule has 4 heteroatoms. The average Bonchev–Trinajstić information content (AvgIpc) is 2.93. The number of amides is 1. The van der Waals surface area contributed by atoms with Crippen LogP contribution in [0, 0.1) is 0 Å². The molecular weight excluding hydrogens is 252 g/mol. The topological polar surface area (TPSA) is 41.6 Å². The van der Waals surface area contributed by atoms with Crippen molar-refractivity contribution in [3.63, 3.8) is 0 Å². The molecule has 1 aliphatic rings. The Morgan fingerprint density at radius 2 is 2.15 bits per heavy atom. The number of nitrogens with zero attached hydrogens (tertiary/aromatic N) is 1. The first-order valence-corrected chi connectivity index (χ1v) is 7.42. The summed E-state index contributed by atoms with van der Waals surface area (Å²) >= 11 is 0. The van der Waals surface area contributed by atoms with Gasteiger partial charge in [-0.3, -0.25) is 4.79 Å². The Balaban J connectivity index is 1.90. The van der Waals surface area contributed by atoms with Gasteiger partial charge in [0, 0.05) is 26.1 Å². The van der Waals surface area contributed by atoms with Crippen LogP contribution in [0.2, 0.25) is 0 Å². The first-order chi connectivity index (χ1) is 9.65. The summed E-state index contributed by atoms with van der Waals surface area (Å²) in [5, 5.41) is 3.31. The molecule has 0 bridgehead atoms. The standard InChI is InChI=1S/C16H24N2O2/c1-4-18(5-2)16(19)12(3)17-11-13-6-7-15-14(10-13)8-9-20-15/h6-7,10,12,17H,4-5,8-9,11H2,1-3H3. The minimum absolute atomic E-state index is 0.153. The maximum Gasteiger partial charge on any atom is 0.239 e. The summed E-state index contributed by atoms with van der Waals surface area (Å²) in [4.78, 5) is 14.0. The first kappa shape index (κ1) is 14.9. The molecule has 0 saturated heterocycles. The predicted molar refractivity (Wildman–Crippen MR) is 79.9 cm³/mol. The number of hydrogen-bond donors (Lipinski definition) is 1. The van der Waals surface area contributed by atoms with Crippen molar-refractivity contribution < 1.29 is 9.53 Å². The molecule has 1 heterocycles. The van der Waals surface area contributed by atoms with E-state index in [4.69, 9.17) is 4.74 Å². The lowest BCUT2D eigenvalue weighted by Crippen LogP contribution is -2.44. The molecule has 1 amide bonds. The maximum atomic E-state index is 12.2. The van der Waals surface area contributed by atoms with Crippen LogP contribution in [0.15, 0.2) is 18.2 Å². The van der Waals surface area contributed by atoms with Crippen molar-refractivity contribution in [2.75, 3.05) is 19.7 Å². The molecule has 110 valence electrons. The highest BCUT2D eigenvalue weighted by Gasteiger charge is 2.18.